The molecule has 1 N–H and O–H groups in total. The molecule has 0 spiro atoms. The number of halogens is 2. The van der Waals surface area contributed by atoms with Gasteiger partial charge in [0.1, 0.15) is 0 Å². The lowest BCUT2D eigenvalue weighted by molar-refractivity contribution is 0.0463. The molecular weight excluding hydrogens is 279 g/mol. The Hall–Kier alpha value is -0.240. The van der Waals surface area contributed by atoms with E-state index in [0.29, 0.717) is 16.0 Å². The Balaban J connectivity index is 2.01. The fourth-order valence-corrected chi connectivity index (χ4v) is 3.53. The van der Waals surface area contributed by atoms with Crippen LogP contribution in [0.5, 0.6) is 0 Å². The highest BCUT2D eigenvalue weighted by atomic mass is 35.5. The van der Waals surface area contributed by atoms with Crippen molar-refractivity contribution in [3.63, 3.8) is 0 Å². The normalized spacial score (nSPS) is 27.5. The summed E-state index contributed by atoms with van der Waals surface area (Å²) in [5.41, 5.74) is 1.18. The molecule has 3 heteroatoms. The molecule has 2 rings (SSSR count). The Labute approximate surface area is 125 Å². The number of aliphatic hydroxyl groups excluding tert-OH is 1. The Morgan fingerprint density at radius 3 is 2.68 bits per heavy atom. The highest BCUT2D eigenvalue weighted by Crippen LogP contribution is 2.35. The lowest BCUT2D eigenvalue weighted by atomic mass is 9.75. The predicted molar refractivity (Wildman–Crippen MR) is 81.9 cm³/mol. The summed E-state index contributed by atoms with van der Waals surface area (Å²) >= 11 is 12.0. The van der Waals surface area contributed by atoms with Crippen LogP contribution in [0.4, 0.5) is 0 Å². The van der Waals surface area contributed by atoms with Gasteiger partial charge in [0.2, 0.25) is 0 Å². The zero-order valence-corrected chi connectivity index (χ0v) is 12.9. The molecule has 0 amide bonds. The van der Waals surface area contributed by atoms with Crippen LogP contribution in [-0.2, 0) is 6.42 Å². The van der Waals surface area contributed by atoms with Gasteiger partial charge in [0.15, 0.2) is 0 Å². The molecule has 0 saturated heterocycles. The van der Waals surface area contributed by atoms with Crippen LogP contribution in [0.2, 0.25) is 10.0 Å². The third-order valence-electron chi connectivity index (χ3n) is 4.23. The van der Waals surface area contributed by atoms with Crippen LogP contribution in [0.3, 0.4) is 0 Å². The Morgan fingerprint density at radius 1 is 1.21 bits per heavy atom. The fourth-order valence-electron chi connectivity index (χ4n) is 3.20. The molecule has 1 aromatic carbocycles. The minimum absolute atomic E-state index is 0.164. The summed E-state index contributed by atoms with van der Waals surface area (Å²) in [4.78, 5) is 0. The van der Waals surface area contributed by atoms with Gasteiger partial charge in [-0.1, -0.05) is 49.0 Å². The molecule has 0 aliphatic heterocycles. The van der Waals surface area contributed by atoms with Gasteiger partial charge in [0.05, 0.1) is 16.1 Å². The highest BCUT2D eigenvalue weighted by molar-refractivity contribution is 6.42. The van der Waals surface area contributed by atoms with Crippen molar-refractivity contribution in [2.75, 3.05) is 0 Å². The van der Waals surface area contributed by atoms with Crippen molar-refractivity contribution >= 4 is 23.2 Å². The average Bonchev–Trinajstić information content (AvgIpc) is 2.38. The number of hydrogen-bond acceptors (Lipinski definition) is 1. The first-order valence-electron chi connectivity index (χ1n) is 7.22. The van der Waals surface area contributed by atoms with Crippen molar-refractivity contribution in [2.45, 2.75) is 51.6 Å². The molecule has 106 valence electrons. The third kappa shape index (κ3) is 4.11. The molecule has 0 heterocycles. The zero-order valence-electron chi connectivity index (χ0n) is 11.4. The molecule has 1 saturated carbocycles. The summed E-state index contributed by atoms with van der Waals surface area (Å²) in [6, 6.07) is 5.79. The molecular formula is C16H22Cl2O. The van der Waals surface area contributed by atoms with E-state index in [1.807, 2.05) is 18.2 Å². The quantitative estimate of drug-likeness (QED) is 0.819. The van der Waals surface area contributed by atoms with Crippen LogP contribution in [0.15, 0.2) is 18.2 Å². The van der Waals surface area contributed by atoms with Gasteiger partial charge in [-0.05, 0) is 55.2 Å². The second kappa shape index (κ2) is 6.97. The number of rotatable bonds is 4. The second-order valence-corrected chi connectivity index (χ2v) is 6.56. The van der Waals surface area contributed by atoms with Crippen LogP contribution in [-0.4, -0.2) is 11.2 Å². The van der Waals surface area contributed by atoms with E-state index in [9.17, 15) is 5.11 Å². The maximum atomic E-state index is 10.2. The SMILES string of the molecule is CCCC1CCC(O)C(Cc2ccc(Cl)c(Cl)c2)C1. The summed E-state index contributed by atoms with van der Waals surface area (Å²) < 4.78 is 0. The minimum atomic E-state index is -0.164. The van der Waals surface area contributed by atoms with E-state index in [4.69, 9.17) is 23.2 Å². The van der Waals surface area contributed by atoms with E-state index in [0.717, 1.165) is 25.2 Å². The minimum Gasteiger partial charge on any atom is -0.393 e. The van der Waals surface area contributed by atoms with Gasteiger partial charge in [0.25, 0.3) is 0 Å². The smallest absolute Gasteiger partial charge is 0.0595 e. The van der Waals surface area contributed by atoms with E-state index in [2.05, 4.69) is 6.92 Å². The third-order valence-corrected chi connectivity index (χ3v) is 4.97. The molecule has 0 bridgehead atoms. The molecule has 1 aromatic rings. The summed E-state index contributed by atoms with van der Waals surface area (Å²) in [5, 5.41) is 11.4. The zero-order chi connectivity index (χ0) is 13.8. The predicted octanol–water partition coefficient (Wildman–Crippen LogP) is 5.11. The Bertz CT molecular complexity index is 419. The summed E-state index contributed by atoms with van der Waals surface area (Å²) in [7, 11) is 0. The van der Waals surface area contributed by atoms with Crippen molar-refractivity contribution in [2.24, 2.45) is 11.8 Å². The van der Waals surface area contributed by atoms with Crippen molar-refractivity contribution < 1.29 is 5.11 Å². The summed E-state index contributed by atoms with van der Waals surface area (Å²) in [6.07, 6.45) is 6.50. The topological polar surface area (TPSA) is 20.2 Å². The van der Waals surface area contributed by atoms with Crippen molar-refractivity contribution in [3.8, 4) is 0 Å². The van der Waals surface area contributed by atoms with E-state index >= 15 is 0 Å². The average molecular weight is 301 g/mol. The number of aliphatic hydroxyl groups is 1. The molecule has 1 aliphatic rings. The van der Waals surface area contributed by atoms with Crippen LogP contribution in [0.1, 0.15) is 44.6 Å². The van der Waals surface area contributed by atoms with Gasteiger partial charge in [-0.15, -0.1) is 0 Å². The van der Waals surface area contributed by atoms with E-state index < -0.39 is 0 Å². The lowest BCUT2D eigenvalue weighted by Crippen LogP contribution is -2.30. The van der Waals surface area contributed by atoms with Crippen LogP contribution < -0.4 is 0 Å². The van der Waals surface area contributed by atoms with Gasteiger partial charge < -0.3 is 5.11 Å². The fraction of sp³-hybridized carbons (Fsp3) is 0.625. The van der Waals surface area contributed by atoms with Gasteiger partial charge in [-0.3, -0.25) is 0 Å². The molecule has 0 aromatic heterocycles. The molecule has 3 atom stereocenters. The maximum Gasteiger partial charge on any atom is 0.0595 e. The van der Waals surface area contributed by atoms with E-state index in [1.165, 1.54) is 24.8 Å². The number of hydrogen-bond donors (Lipinski definition) is 1. The summed E-state index contributed by atoms with van der Waals surface area (Å²) in [5.74, 6) is 1.14. The molecule has 1 fully saturated rings. The highest BCUT2D eigenvalue weighted by Gasteiger charge is 2.28. The molecule has 3 unspecified atom stereocenters. The van der Waals surface area contributed by atoms with E-state index in [-0.39, 0.29) is 6.10 Å². The first kappa shape index (κ1) is 15.2. The molecule has 1 nitrogen and oxygen atoms in total. The second-order valence-electron chi connectivity index (χ2n) is 5.75. The Kier molecular flexibility index (Phi) is 5.56. The van der Waals surface area contributed by atoms with E-state index in [1.54, 1.807) is 0 Å². The van der Waals surface area contributed by atoms with Crippen LogP contribution in [0.25, 0.3) is 0 Å². The Morgan fingerprint density at radius 2 is 2.00 bits per heavy atom. The van der Waals surface area contributed by atoms with Crippen LogP contribution in [0, 0.1) is 11.8 Å². The lowest BCUT2D eigenvalue weighted by Gasteiger charge is -2.33. The van der Waals surface area contributed by atoms with Gasteiger partial charge in [-0.2, -0.15) is 0 Å². The van der Waals surface area contributed by atoms with Crippen LogP contribution >= 0.6 is 23.2 Å². The monoisotopic (exact) mass is 300 g/mol. The summed E-state index contributed by atoms with van der Waals surface area (Å²) in [6.45, 7) is 2.24. The standard InChI is InChI=1S/C16H22Cl2O/c1-2-3-11-5-7-16(19)13(8-11)9-12-4-6-14(17)15(18)10-12/h4,6,10-11,13,16,19H,2-3,5,7-9H2,1H3. The molecule has 1 aliphatic carbocycles. The maximum absolute atomic E-state index is 10.2. The largest absolute Gasteiger partial charge is 0.393 e. The first-order valence-corrected chi connectivity index (χ1v) is 7.97. The van der Waals surface area contributed by atoms with Crippen molar-refractivity contribution in [1.29, 1.82) is 0 Å². The van der Waals surface area contributed by atoms with Gasteiger partial charge in [0, 0.05) is 0 Å². The molecule has 0 radical (unpaired) electrons. The van der Waals surface area contributed by atoms with Crippen molar-refractivity contribution in [3.05, 3.63) is 33.8 Å². The number of benzene rings is 1. The van der Waals surface area contributed by atoms with Gasteiger partial charge >= 0.3 is 0 Å². The molecule has 19 heavy (non-hydrogen) atoms. The van der Waals surface area contributed by atoms with Crippen molar-refractivity contribution in [1.82, 2.24) is 0 Å². The van der Waals surface area contributed by atoms with Gasteiger partial charge in [-0.25, -0.2) is 0 Å². The first-order chi connectivity index (χ1) is 9.10.